The number of amides is 2. The number of hydroxylamine groups is 1. The van der Waals surface area contributed by atoms with Crippen molar-refractivity contribution in [2.45, 2.75) is 19.1 Å². The van der Waals surface area contributed by atoms with Gasteiger partial charge >= 0.3 is 0 Å². The van der Waals surface area contributed by atoms with Crippen molar-refractivity contribution in [3.8, 4) is 11.8 Å². The minimum absolute atomic E-state index is 0.319. The van der Waals surface area contributed by atoms with Crippen molar-refractivity contribution in [1.29, 1.82) is 0 Å². The first-order chi connectivity index (χ1) is 10.8. The van der Waals surface area contributed by atoms with Gasteiger partial charge in [0.15, 0.2) is 0 Å². The van der Waals surface area contributed by atoms with Crippen LogP contribution in [0.25, 0.3) is 0 Å². The van der Waals surface area contributed by atoms with E-state index in [1.54, 1.807) is 24.3 Å². The smallest absolute Gasteiger partial charge is 0.268 e. The molecule has 4 N–H and O–H groups in total. The average molecular weight is 319 g/mol. The van der Waals surface area contributed by atoms with Crippen LogP contribution in [0.5, 0.6) is 0 Å². The van der Waals surface area contributed by atoms with Crippen LogP contribution in [0, 0.1) is 11.8 Å². The molecule has 2 amide bonds. The van der Waals surface area contributed by atoms with E-state index < -0.39 is 24.0 Å². The number of nitrogens with zero attached hydrogens (tertiary/aromatic N) is 1. The van der Waals surface area contributed by atoms with Crippen LogP contribution in [-0.4, -0.2) is 59.8 Å². The summed E-state index contributed by atoms with van der Waals surface area (Å²) in [5, 5.41) is 20.5. The summed E-state index contributed by atoms with van der Waals surface area (Å²) < 4.78 is 0. The highest BCUT2D eigenvalue weighted by molar-refractivity contribution is 5.97. The number of aliphatic hydroxyl groups is 1. The number of carbonyl (C=O) groups excluding carboxylic acids is 2. The lowest BCUT2D eigenvalue weighted by molar-refractivity contribution is -0.133. The van der Waals surface area contributed by atoms with Crippen molar-refractivity contribution < 1.29 is 19.9 Å². The van der Waals surface area contributed by atoms with Crippen molar-refractivity contribution in [2.75, 3.05) is 20.6 Å². The Hall–Kier alpha value is -2.40. The number of nitrogens with one attached hydrogen (secondary N) is 2. The molecule has 0 bridgehead atoms. The number of hydrogen-bond acceptors (Lipinski definition) is 5. The number of aliphatic hydroxyl groups excluding tert-OH is 1. The van der Waals surface area contributed by atoms with Gasteiger partial charge in [-0.2, -0.15) is 0 Å². The summed E-state index contributed by atoms with van der Waals surface area (Å²) in [4.78, 5) is 25.4. The molecule has 1 aromatic rings. The second-order valence-corrected chi connectivity index (χ2v) is 5.28. The fourth-order valence-corrected chi connectivity index (χ4v) is 1.70. The van der Waals surface area contributed by atoms with Crippen molar-refractivity contribution in [1.82, 2.24) is 15.7 Å². The molecular weight excluding hydrogens is 298 g/mol. The second-order valence-electron chi connectivity index (χ2n) is 5.28. The highest BCUT2D eigenvalue weighted by Gasteiger charge is 2.25. The van der Waals surface area contributed by atoms with Crippen LogP contribution in [0.1, 0.15) is 22.8 Å². The van der Waals surface area contributed by atoms with Gasteiger partial charge in [-0.15, -0.1) is 0 Å². The molecule has 0 aromatic heterocycles. The average Bonchev–Trinajstić information content (AvgIpc) is 2.51. The zero-order valence-corrected chi connectivity index (χ0v) is 13.3. The number of benzene rings is 1. The Balaban J connectivity index is 2.76. The molecule has 0 saturated heterocycles. The van der Waals surface area contributed by atoms with E-state index in [4.69, 9.17) is 5.21 Å². The van der Waals surface area contributed by atoms with Crippen LogP contribution in [-0.2, 0) is 4.79 Å². The zero-order chi connectivity index (χ0) is 17.4. The molecule has 1 rings (SSSR count). The Morgan fingerprint density at radius 2 is 1.87 bits per heavy atom. The third-order valence-electron chi connectivity index (χ3n) is 2.94. The van der Waals surface area contributed by atoms with Gasteiger partial charge in [0.05, 0.1) is 12.6 Å². The van der Waals surface area contributed by atoms with Gasteiger partial charge < -0.3 is 10.4 Å². The van der Waals surface area contributed by atoms with Gasteiger partial charge in [-0.1, -0.05) is 11.8 Å². The molecule has 2 atom stereocenters. The summed E-state index contributed by atoms with van der Waals surface area (Å²) in [6.45, 7) is 1.97. The zero-order valence-electron chi connectivity index (χ0n) is 13.3. The lowest BCUT2D eigenvalue weighted by atomic mass is 10.1. The SMILES string of the molecule is C[C@@H](O)[C@H](NC(=O)c1ccc(C#CCN(C)C)cc1)C(=O)NO. The van der Waals surface area contributed by atoms with Gasteiger partial charge in [0.25, 0.3) is 11.8 Å². The van der Waals surface area contributed by atoms with E-state index in [2.05, 4.69) is 17.2 Å². The maximum atomic E-state index is 12.1. The molecule has 0 heterocycles. The van der Waals surface area contributed by atoms with Gasteiger partial charge in [-0.3, -0.25) is 19.7 Å². The first kappa shape index (κ1) is 18.6. The fourth-order valence-electron chi connectivity index (χ4n) is 1.70. The summed E-state index contributed by atoms with van der Waals surface area (Å²) in [5.41, 5.74) is 2.49. The molecule has 0 aliphatic rings. The maximum Gasteiger partial charge on any atom is 0.268 e. The third-order valence-corrected chi connectivity index (χ3v) is 2.94. The topological polar surface area (TPSA) is 102 Å². The first-order valence-corrected chi connectivity index (χ1v) is 7.01. The predicted octanol–water partition coefficient (Wildman–Crippen LogP) is -0.416. The summed E-state index contributed by atoms with van der Waals surface area (Å²) in [5.74, 6) is 4.52. The van der Waals surface area contributed by atoms with E-state index in [0.29, 0.717) is 12.1 Å². The number of rotatable bonds is 5. The molecule has 0 fully saturated rings. The van der Waals surface area contributed by atoms with Crippen molar-refractivity contribution >= 4 is 11.8 Å². The van der Waals surface area contributed by atoms with E-state index in [1.807, 2.05) is 19.0 Å². The standard InChI is InChI=1S/C16H21N3O4/c1-11(20)14(16(22)18-23)17-15(21)13-8-6-12(7-9-13)5-4-10-19(2)3/h6-9,11,14,20,23H,10H2,1-3H3,(H,17,21)(H,18,22)/t11-,14+/m1/s1. The highest BCUT2D eigenvalue weighted by Crippen LogP contribution is 2.05. The van der Waals surface area contributed by atoms with Gasteiger partial charge in [0, 0.05) is 11.1 Å². The molecule has 0 aliphatic heterocycles. The van der Waals surface area contributed by atoms with Crippen molar-refractivity contribution in [2.24, 2.45) is 0 Å². The van der Waals surface area contributed by atoms with Crippen LogP contribution in [0.2, 0.25) is 0 Å². The van der Waals surface area contributed by atoms with Crippen molar-refractivity contribution in [3.05, 3.63) is 35.4 Å². The minimum Gasteiger partial charge on any atom is -0.391 e. The molecule has 0 unspecified atom stereocenters. The van der Waals surface area contributed by atoms with Gasteiger partial charge in [0.1, 0.15) is 6.04 Å². The van der Waals surface area contributed by atoms with Crippen LogP contribution < -0.4 is 10.8 Å². The fraction of sp³-hybridized carbons (Fsp3) is 0.375. The van der Waals surface area contributed by atoms with E-state index in [-0.39, 0.29) is 0 Å². The molecule has 124 valence electrons. The van der Waals surface area contributed by atoms with E-state index in [0.717, 1.165) is 5.56 Å². The second kappa shape index (κ2) is 8.90. The van der Waals surface area contributed by atoms with E-state index in [9.17, 15) is 14.7 Å². The van der Waals surface area contributed by atoms with Crippen molar-refractivity contribution in [3.63, 3.8) is 0 Å². The molecule has 7 heteroatoms. The Morgan fingerprint density at radius 3 is 2.35 bits per heavy atom. The summed E-state index contributed by atoms with van der Waals surface area (Å²) in [7, 11) is 3.84. The minimum atomic E-state index is -1.24. The van der Waals surface area contributed by atoms with Crippen LogP contribution in [0.15, 0.2) is 24.3 Å². The monoisotopic (exact) mass is 319 g/mol. The van der Waals surface area contributed by atoms with Crippen LogP contribution in [0.3, 0.4) is 0 Å². The quantitative estimate of drug-likeness (QED) is 0.336. The first-order valence-electron chi connectivity index (χ1n) is 7.01. The molecule has 0 aliphatic carbocycles. The third kappa shape index (κ3) is 6.08. The lowest BCUT2D eigenvalue weighted by Gasteiger charge is -2.19. The van der Waals surface area contributed by atoms with Gasteiger partial charge in [-0.05, 0) is 45.3 Å². The van der Waals surface area contributed by atoms with Crippen LogP contribution in [0.4, 0.5) is 0 Å². The lowest BCUT2D eigenvalue weighted by Crippen LogP contribution is -2.51. The molecule has 1 aromatic carbocycles. The van der Waals surface area contributed by atoms with Gasteiger partial charge in [-0.25, -0.2) is 5.48 Å². The maximum absolute atomic E-state index is 12.1. The normalized spacial score (nSPS) is 12.8. The molecule has 0 saturated carbocycles. The Labute approximate surface area is 135 Å². The molecule has 23 heavy (non-hydrogen) atoms. The number of carbonyl (C=O) groups is 2. The summed E-state index contributed by atoms with van der Waals surface area (Å²) >= 11 is 0. The van der Waals surface area contributed by atoms with Crippen LogP contribution >= 0.6 is 0 Å². The highest BCUT2D eigenvalue weighted by atomic mass is 16.5. The van der Waals surface area contributed by atoms with Gasteiger partial charge in [0.2, 0.25) is 0 Å². The molecule has 0 spiro atoms. The van der Waals surface area contributed by atoms with E-state index >= 15 is 0 Å². The largest absolute Gasteiger partial charge is 0.391 e. The predicted molar refractivity (Wildman–Crippen MR) is 84.7 cm³/mol. The molecule has 0 radical (unpaired) electrons. The van der Waals surface area contributed by atoms with E-state index in [1.165, 1.54) is 12.4 Å². The summed E-state index contributed by atoms with van der Waals surface area (Å²) in [6, 6.07) is 5.30. The Morgan fingerprint density at radius 1 is 1.26 bits per heavy atom. The Kier molecular flexibility index (Phi) is 7.22. The molecule has 7 nitrogen and oxygen atoms in total. The number of hydrogen-bond donors (Lipinski definition) is 4. The molecular formula is C16H21N3O4. The summed E-state index contributed by atoms with van der Waals surface area (Å²) in [6.07, 6.45) is -1.15. The Bertz CT molecular complexity index is 600.